The van der Waals surface area contributed by atoms with E-state index >= 15 is 0 Å². The van der Waals surface area contributed by atoms with Gasteiger partial charge in [0.15, 0.2) is 5.69 Å². The van der Waals surface area contributed by atoms with Crippen LogP contribution in [0.4, 0.5) is 0 Å². The molecule has 4 rings (SSSR count). The van der Waals surface area contributed by atoms with Gasteiger partial charge in [0, 0.05) is 18.6 Å². The number of aromatic nitrogens is 3. The third kappa shape index (κ3) is 4.10. The van der Waals surface area contributed by atoms with Gasteiger partial charge in [0.05, 0.1) is 29.9 Å². The van der Waals surface area contributed by atoms with Gasteiger partial charge in [-0.2, -0.15) is 0 Å². The lowest BCUT2D eigenvalue weighted by molar-refractivity contribution is 0.0208. The summed E-state index contributed by atoms with van der Waals surface area (Å²) in [6.45, 7) is 5.77. The number of aliphatic hydroxyl groups excluding tert-OH is 1. The molecule has 1 aromatic heterocycles. The maximum atomic E-state index is 12.4. The number of nitrogens with one attached hydrogen (secondary N) is 1. The van der Waals surface area contributed by atoms with E-state index < -0.39 is 0 Å². The summed E-state index contributed by atoms with van der Waals surface area (Å²) in [5.41, 5.74) is 0.990. The Labute approximate surface area is 174 Å². The smallest absolute Gasteiger partial charge is 0.273 e. The molecule has 2 fully saturated rings. The summed E-state index contributed by atoms with van der Waals surface area (Å²) in [5, 5.41) is 20.6. The van der Waals surface area contributed by atoms with E-state index in [4.69, 9.17) is 21.4 Å². The highest BCUT2D eigenvalue weighted by molar-refractivity contribution is 6.33. The second-order valence-corrected chi connectivity index (χ2v) is 8.52. The van der Waals surface area contributed by atoms with Gasteiger partial charge >= 0.3 is 0 Å². The van der Waals surface area contributed by atoms with E-state index in [1.165, 1.54) is 0 Å². The maximum Gasteiger partial charge on any atom is 0.273 e. The zero-order valence-corrected chi connectivity index (χ0v) is 17.4. The topological polar surface area (TPSA) is 92.5 Å². The number of carbonyl (C=O) groups excluding carboxylic acids is 1. The van der Waals surface area contributed by atoms with Crippen LogP contribution < -0.4 is 10.1 Å². The minimum Gasteiger partial charge on any atom is -0.490 e. The molecule has 1 aliphatic carbocycles. The normalized spacial score (nSPS) is 17.8. The van der Waals surface area contributed by atoms with Crippen molar-refractivity contribution in [1.29, 1.82) is 0 Å². The van der Waals surface area contributed by atoms with Crippen LogP contribution in [0.1, 0.15) is 48.8 Å². The largest absolute Gasteiger partial charge is 0.490 e. The van der Waals surface area contributed by atoms with Crippen LogP contribution in [0, 0.1) is 0 Å². The number of hydrogen-bond acceptors (Lipinski definition) is 6. The van der Waals surface area contributed by atoms with Gasteiger partial charge in [0.25, 0.3) is 5.91 Å². The number of likely N-dealkylation sites (tertiary alicyclic amines) is 1. The number of carbonyl (C=O) groups is 1. The molecule has 2 heterocycles. The molecule has 1 aromatic carbocycles. The Kier molecular flexibility index (Phi) is 5.50. The molecule has 0 atom stereocenters. The molecule has 8 nitrogen and oxygen atoms in total. The zero-order valence-electron chi connectivity index (χ0n) is 16.6. The summed E-state index contributed by atoms with van der Waals surface area (Å²) >= 11 is 6.57. The fourth-order valence-electron chi connectivity index (χ4n) is 3.60. The molecular weight excluding hydrogens is 394 g/mol. The fourth-order valence-corrected chi connectivity index (χ4v) is 4.02. The third-order valence-corrected chi connectivity index (χ3v) is 6.03. The highest BCUT2D eigenvalue weighted by atomic mass is 35.5. The Hall–Kier alpha value is -2.16. The summed E-state index contributed by atoms with van der Waals surface area (Å²) in [7, 11) is 0. The van der Waals surface area contributed by atoms with Gasteiger partial charge < -0.3 is 15.2 Å². The van der Waals surface area contributed by atoms with E-state index in [1.54, 1.807) is 16.9 Å². The van der Waals surface area contributed by atoms with E-state index in [0.717, 1.165) is 18.4 Å². The van der Waals surface area contributed by atoms with Crippen molar-refractivity contribution in [2.45, 2.75) is 44.3 Å². The second kappa shape index (κ2) is 7.93. The van der Waals surface area contributed by atoms with Crippen LogP contribution in [0.15, 0.2) is 24.4 Å². The molecule has 2 aliphatic rings. The van der Waals surface area contributed by atoms with Crippen LogP contribution in [0.5, 0.6) is 5.75 Å². The van der Waals surface area contributed by atoms with Gasteiger partial charge in [0.1, 0.15) is 12.4 Å². The number of aliphatic hydroxyl groups is 1. The van der Waals surface area contributed by atoms with Crippen molar-refractivity contribution in [2.75, 3.05) is 26.3 Å². The highest BCUT2D eigenvalue weighted by Crippen LogP contribution is 2.40. The predicted octanol–water partition coefficient (Wildman–Crippen LogP) is 1.99. The molecule has 0 bridgehead atoms. The van der Waals surface area contributed by atoms with Crippen molar-refractivity contribution in [3.63, 3.8) is 0 Å². The van der Waals surface area contributed by atoms with Gasteiger partial charge in [-0.25, -0.2) is 4.68 Å². The number of halogens is 1. The van der Waals surface area contributed by atoms with Crippen LogP contribution in [-0.4, -0.2) is 63.3 Å². The van der Waals surface area contributed by atoms with Crippen molar-refractivity contribution in [1.82, 2.24) is 25.2 Å². The minimum absolute atomic E-state index is 0.0560. The number of rotatable bonds is 8. The average Bonchev–Trinajstić information content (AvgIpc) is 3.39. The summed E-state index contributed by atoms with van der Waals surface area (Å²) in [6, 6.07) is 6.14. The maximum absolute atomic E-state index is 12.4. The quantitative estimate of drug-likeness (QED) is 0.679. The van der Waals surface area contributed by atoms with E-state index in [-0.39, 0.29) is 30.7 Å². The Bertz CT molecular complexity index is 890. The Morgan fingerprint density at radius 1 is 1.38 bits per heavy atom. The summed E-state index contributed by atoms with van der Waals surface area (Å²) in [6.07, 6.45) is 3.93. The first-order chi connectivity index (χ1) is 13.9. The number of nitrogens with zero attached hydrogens (tertiary/aromatic N) is 4. The molecule has 9 heteroatoms. The fraction of sp³-hybridized carbons (Fsp3) is 0.550. The standard InChI is InChI=1S/C20H26ClN5O3/c1-20(2,15-4-3-5-17(18(15)21)29-9-8-27)25-10-13(11-25)22-19(28)16-12-26(24-23-16)14-6-7-14/h3-5,12-14,27H,6-11H2,1-2H3,(H,22,28). The van der Waals surface area contributed by atoms with Gasteiger partial charge in [-0.3, -0.25) is 9.69 Å². The molecule has 0 spiro atoms. The van der Waals surface area contributed by atoms with E-state index in [2.05, 4.69) is 34.4 Å². The Balaban J connectivity index is 1.36. The molecule has 0 unspecified atom stereocenters. The van der Waals surface area contributed by atoms with Crippen molar-refractivity contribution >= 4 is 17.5 Å². The summed E-state index contributed by atoms with van der Waals surface area (Å²) in [4.78, 5) is 14.7. The average molecular weight is 420 g/mol. The second-order valence-electron chi connectivity index (χ2n) is 8.14. The monoisotopic (exact) mass is 419 g/mol. The van der Waals surface area contributed by atoms with Crippen LogP contribution >= 0.6 is 11.6 Å². The molecule has 1 aliphatic heterocycles. The first kappa shape index (κ1) is 20.1. The van der Waals surface area contributed by atoms with Gasteiger partial charge in [0.2, 0.25) is 0 Å². The van der Waals surface area contributed by atoms with E-state index in [9.17, 15) is 4.79 Å². The van der Waals surface area contributed by atoms with Gasteiger partial charge in [-0.05, 0) is 38.3 Å². The molecular formula is C20H26ClN5O3. The Morgan fingerprint density at radius 3 is 2.83 bits per heavy atom. The lowest BCUT2D eigenvalue weighted by atomic mass is 9.88. The predicted molar refractivity (Wildman–Crippen MR) is 108 cm³/mol. The van der Waals surface area contributed by atoms with Crippen LogP contribution in [0.2, 0.25) is 5.02 Å². The first-order valence-electron chi connectivity index (χ1n) is 9.90. The number of hydrogen-bond donors (Lipinski definition) is 2. The van der Waals surface area contributed by atoms with Crippen LogP contribution in [-0.2, 0) is 5.54 Å². The van der Waals surface area contributed by atoms with Gasteiger partial charge in [-0.1, -0.05) is 28.9 Å². The SMILES string of the molecule is CC(C)(c1cccc(OCCO)c1Cl)N1CC(NC(=O)c2cn(C3CC3)nn2)C1. The highest BCUT2D eigenvalue weighted by Gasteiger charge is 2.40. The molecule has 2 aromatic rings. The Morgan fingerprint density at radius 2 is 2.14 bits per heavy atom. The molecule has 29 heavy (non-hydrogen) atoms. The molecule has 1 saturated heterocycles. The first-order valence-corrected chi connectivity index (χ1v) is 10.3. The molecule has 1 saturated carbocycles. The van der Waals surface area contributed by atoms with Crippen LogP contribution in [0.25, 0.3) is 0 Å². The van der Waals surface area contributed by atoms with Gasteiger partial charge in [-0.15, -0.1) is 5.10 Å². The zero-order chi connectivity index (χ0) is 20.6. The van der Waals surface area contributed by atoms with E-state index in [0.29, 0.717) is 35.6 Å². The third-order valence-electron chi connectivity index (χ3n) is 5.64. The van der Waals surface area contributed by atoms with Crippen LogP contribution in [0.3, 0.4) is 0 Å². The number of amides is 1. The lowest BCUT2D eigenvalue weighted by Gasteiger charge is -2.49. The molecule has 2 N–H and O–H groups in total. The van der Waals surface area contributed by atoms with Crippen molar-refractivity contribution in [2.24, 2.45) is 0 Å². The van der Waals surface area contributed by atoms with Crippen molar-refractivity contribution in [3.05, 3.63) is 40.7 Å². The van der Waals surface area contributed by atoms with E-state index in [1.807, 2.05) is 12.1 Å². The molecule has 1 amide bonds. The summed E-state index contributed by atoms with van der Waals surface area (Å²) in [5.74, 6) is 0.382. The molecule has 0 radical (unpaired) electrons. The summed E-state index contributed by atoms with van der Waals surface area (Å²) < 4.78 is 7.30. The van der Waals surface area contributed by atoms with Crippen molar-refractivity contribution < 1.29 is 14.6 Å². The number of ether oxygens (including phenoxy) is 1. The van der Waals surface area contributed by atoms with Crippen molar-refractivity contribution in [3.8, 4) is 5.75 Å². The molecule has 156 valence electrons. The number of benzene rings is 1. The lowest BCUT2D eigenvalue weighted by Crippen LogP contribution is -2.64. The minimum atomic E-state index is -0.327.